The van der Waals surface area contributed by atoms with Crippen LogP contribution < -0.4 is 5.73 Å². The van der Waals surface area contributed by atoms with Gasteiger partial charge >= 0.3 is 5.69 Å². The Labute approximate surface area is 122 Å². The van der Waals surface area contributed by atoms with Gasteiger partial charge in [-0.25, -0.2) is 0 Å². The molecule has 1 fully saturated rings. The lowest BCUT2D eigenvalue weighted by atomic mass is 9.98. The standard InChI is InChI=1S/C14H20FN3O3/c1-21-12-5-6-17(11(7-12)8-16)9-10-3-2-4-13(14(10)15)18(19)20/h2-4,11-12H,5-9,16H2,1H3. The molecule has 116 valence electrons. The topological polar surface area (TPSA) is 81.6 Å². The minimum atomic E-state index is -0.757. The quantitative estimate of drug-likeness (QED) is 0.660. The first kappa shape index (κ1) is 15.8. The van der Waals surface area contributed by atoms with E-state index in [0.717, 1.165) is 19.4 Å². The number of nitrogens with two attached hydrogens (primary N) is 1. The van der Waals surface area contributed by atoms with E-state index in [-0.39, 0.29) is 12.1 Å². The van der Waals surface area contributed by atoms with Gasteiger partial charge in [-0.3, -0.25) is 15.0 Å². The van der Waals surface area contributed by atoms with Crippen LogP contribution in [0.1, 0.15) is 18.4 Å². The minimum Gasteiger partial charge on any atom is -0.381 e. The largest absolute Gasteiger partial charge is 0.381 e. The van der Waals surface area contributed by atoms with Crippen molar-refractivity contribution in [2.24, 2.45) is 5.73 Å². The first-order valence-electron chi connectivity index (χ1n) is 6.95. The van der Waals surface area contributed by atoms with E-state index in [4.69, 9.17) is 10.5 Å². The van der Waals surface area contributed by atoms with Gasteiger partial charge in [0, 0.05) is 44.4 Å². The van der Waals surface area contributed by atoms with Gasteiger partial charge in [0.05, 0.1) is 11.0 Å². The van der Waals surface area contributed by atoms with E-state index in [9.17, 15) is 14.5 Å². The van der Waals surface area contributed by atoms with Crippen molar-refractivity contribution in [3.8, 4) is 0 Å². The molecule has 2 N–H and O–H groups in total. The van der Waals surface area contributed by atoms with Crippen LogP contribution >= 0.6 is 0 Å². The second-order valence-corrected chi connectivity index (χ2v) is 5.25. The van der Waals surface area contributed by atoms with Gasteiger partial charge in [-0.05, 0) is 12.8 Å². The third kappa shape index (κ3) is 3.55. The molecule has 1 saturated heterocycles. The molecule has 0 radical (unpaired) electrons. The maximum absolute atomic E-state index is 14.1. The van der Waals surface area contributed by atoms with E-state index in [0.29, 0.717) is 18.7 Å². The number of hydrogen-bond acceptors (Lipinski definition) is 5. The van der Waals surface area contributed by atoms with Crippen molar-refractivity contribution >= 4 is 5.69 Å². The zero-order valence-electron chi connectivity index (χ0n) is 12.0. The van der Waals surface area contributed by atoms with Gasteiger partial charge in [0.1, 0.15) is 0 Å². The molecular formula is C14H20FN3O3. The fourth-order valence-electron chi connectivity index (χ4n) is 2.78. The van der Waals surface area contributed by atoms with Gasteiger partial charge in [-0.15, -0.1) is 0 Å². The van der Waals surface area contributed by atoms with Crippen molar-refractivity contribution in [2.45, 2.75) is 31.5 Å². The lowest BCUT2D eigenvalue weighted by Gasteiger charge is -2.38. The first-order valence-corrected chi connectivity index (χ1v) is 6.95. The van der Waals surface area contributed by atoms with Crippen LogP contribution in [0.3, 0.4) is 0 Å². The molecule has 0 aliphatic carbocycles. The number of rotatable bonds is 5. The van der Waals surface area contributed by atoms with Crippen molar-refractivity contribution in [1.82, 2.24) is 4.90 Å². The summed E-state index contributed by atoms with van der Waals surface area (Å²) < 4.78 is 19.5. The molecule has 1 aromatic carbocycles. The van der Waals surface area contributed by atoms with Gasteiger partial charge in [0.25, 0.3) is 0 Å². The Hall–Kier alpha value is -1.57. The van der Waals surface area contributed by atoms with E-state index in [1.165, 1.54) is 12.1 Å². The second kappa shape index (κ2) is 6.93. The van der Waals surface area contributed by atoms with Crippen molar-refractivity contribution in [3.05, 3.63) is 39.7 Å². The number of methoxy groups -OCH3 is 1. The summed E-state index contributed by atoms with van der Waals surface area (Å²) in [4.78, 5) is 12.2. The number of likely N-dealkylation sites (tertiary alicyclic amines) is 1. The maximum Gasteiger partial charge on any atom is 0.305 e. The Morgan fingerprint density at radius 3 is 2.95 bits per heavy atom. The molecule has 0 bridgehead atoms. The Morgan fingerprint density at radius 1 is 1.57 bits per heavy atom. The summed E-state index contributed by atoms with van der Waals surface area (Å²) in [5, 5.41) is 10.8. The zero-order valence-corrected chi connectivity index (χ0v) is 12.0. The number of hydrogen-bond donors (Lipinski definition) is 1. The Kier molecular flexibility index (Phi) is 5.22. The Balaban J connectivity index is 2.14. The van der Waals surface area contributed by atoms with Gasteiger partial charge in [-0.2, -0.15) is 4.39 Å². The van der Waals surface area contributed by atoms with Crippen molar-refractivity contribution in [1.29, 1.82) is 0 Å². The number of nitrogens with zero attached hydrogens (tertiary/aromatic N) is 2. The molecule has 21 heavy (non-hydrogen) atoms. The van der Waals surface area contributed by atoms with Gasteiger partial charge in [0.15, 0.2) is 0 Å². The number of piperidine rings is 1. The van der Waals surface area contributed by atoms with Crippen LogP contribution in [0.15, 0.2) is 18.2 Å². The van der Waals surface area contributed by atoms with Crippen LogP contribution in [-0.4, -0.2) is 42.2 Å². The molecule has 2 unspecified atom stereocenters. The van der Waals surface area contributed by atoms with Crippen LogP contribution in [0.25, 0.3) is 0 Å². The molecule has 1 aliphatic rings. The molecular weight excluding hydrogens is 277 g/mol. The fraction of sp³-hybridized carbons (Fsp3) is 0.571. The molecule has 0 saturated carbocycles. The van der Waals surface area contributed by atoms with E-state index in [1.54, 1.807) is 13.2 Å². The van der Waals surface area contributed by atoms with E-state index in [2.05, 4.69) is 4.90 Å². The van der Waals surface area contributed by atoms with Crippen molar-refractivity contribution < 1.29 is 14.1 Å². The molecule has 0 aromatic heterocycles. The highest BCUT2D eigenvalue weighted by Crippen LogP contribution is 2.25. The van der Waals surface area contributed by atoms with E-state index in [1.807, 2.05) is 0 Å². The summed E-state index contributed by atoms with van der Waals surface area (Å²) in [6, 6.07) is 4.37. The first-order chi connectivity index (χ1) is 10.1. The van der Waals surface area contributed by atoms with Crippen molar-refractivity contribution in [2.75, 3.05) is 20.2 Å². The highest BCUT2D eigenvalue weighted by atomic mass is 19.1. The molecule has 2 rings (SSSR count). The predicted octanol–water partition coefficient (Wildman–Crippen LogP) is 1.67. The van der Waals surface area contributed by atoms with Gasteiger partial charge < -0.3 is 10.5 Å². The highest BCUT2D eigenvalue weighted by Gasteiger charge is 2.29. The summed E-state index contributed by atoms with van der Waals surface area (Å²) in [5.74, 6) is -0.757. The lowest BCUT2D eigenvalue weighted by molar-refractivity contribution is -0.387. The average molecular weight is 297 g/mol. The number of ether oxygens (including phenoxy) is 1. The highest BCUT2D eigenvalue weighted by molar-refractivity contribution is 5.36. The zero-order chi connectivity index (χ0) is 15.4. The summed E-state index contributed by atoms with van der Waals surface area (Å²) in [6.07, 6.45) is 1.82. The SMILES string of the molecule is COC1CCN(Cc2cccc([N+](=O)[O-])c2F)C(CN)C1. The predicted molar refractivity (Wildman–Crippen MR) is 76.3 cm³/mol. The molecule has 0 spiro atoms. The number of nitro groups is 1. The Bertz CT molecular complexity index is 512. The summed E-state index contributed by atoms with van der Waals surface area (Å²) >= 11 is 0. The number of benzene rings is 1. The molecule has 0 amide bonds. The normalized spacial score (nSPS) is 23.2. The van der Waals surface area contributed by atoms with Crippen LogP contribution in [0.4, 0.5) is 10.1 Å². The van der Waals surface area contributed by atoms with E-state index < -0.39 is 16.4 Å². The third-order valence-corrected chi connectivity index (χ3v) is 4.02. The maximum atomic E-state index is 14.1. The number of halogens is 1. The van der Waals surface area contributed by atoms with E-state index >= 15 is 0 Å². The molecule has 1 heterocycles. The van der Waals surface area contributed by atoms with Gasteiger partial charge in [-0.1, -0.05) is 12.1 Å². The number of nitro benzene ring substituents is 1. The summed E-state index contributed by atoms with van der Waals surface area (Å²) in [7, 11) is 1.67. The summed E-state index contributed by atoms with van der Waals surface area (Å²) in [6.45, 7) is 1.52. The fourth-order valence-corrected chi connectivity index (χ4v) is 2.78. The van der Waals surface area contributed by atoms with Crippen LogP contribution in [0, 0.1) is 15.9 Å². The molecule has 6 nitrogen and oxygen atoms in total. The average Bonchev–Trinajstić information content (AvgIpc) is 2.49. The van der Waals surface area contributed by atoms with Crippen LogP contribution in [-0.2, 0) is 11.3 Å². The Morgan fingerprint density at radius 2 is 2.33 bits per heavy atom. The van der Waals surface area contributed by atoms with Gasteiger partial charge in [0.2, 0.25) is 5.82 Å². The molecule has 2 atom stereocenters. The third-order valence-electron chi connectivity index (χ3n) is 4.02. The second-order valence-electron chi connectivity index (χ2n) is 5.25. The summed E-state index contributed by atoms with van der Waals surface area (Å²) in [5.41, 5.74) is 5.63. The molecule has 1 aliphatic heterocycles. The molecule has 1 aromatic rings. The molecule has 7 heteroatoms. The lowest BCUT2D eigenvalue weighted by Crippen LogP contribution is -2.48. The minimum absolute atomic E-state index is 0.0994. The van der Waals surface area contributed by atoms with Crippen molar-refractivity contribution in [3.63, 3.8) is 0 Å². The van der Waals surface area contributed by atoms with Crippen LogP contribution in [0.2, 0.25) is 0 Å². The monoisotopic (exact) mass is 297 g/mol. The van der Waals surface area contributed by atoms with Crippen LogP contribution in [0.5, 0.6) is 0 Å². The smallest absolute Gasteiger partial charge is 0.305 e.